The third-order valence-corrected chi connectivity index (χ3v) is 9.81. The molecule has 2 aromatic carbocycles. The number of carbonyl (C=O) groups is 1. The van der Waals surface area contributed by atoms with Gasteiger partial charge in [0.05, 0.1) is 54.0 Å². The molecule has 0 bridgehead atoms. The Morgan fingerprint density at radius 3 is 2.39 bits per heavy atom. The van der Waals surface area contributed by atoms with Gasteiger partial charge in [-0.2, -0.15) is 9.78 Å². The van der Waals surface area contributed by atoms with E-state index < -0.39 is 17.2 Å². The summed E-state index contributed by atoms with van der Waals surface area (Å²) in [5.74, 6) is -1.20. The Morgan fingerprint density at radius 2 is 1.75 bits per heavy atom. The minimum Gasteiger partial charge on any atom is -0.378 e. The summed E-state index contributed by atoms with van der Waals surface area (Å²) >= 11 is 0. The van der Waals surface area contributed by atoms with Crippen molar-refractivity contribution in [3.8, 4) is 16.8 Å². The third kappa shape index (κ3) is 6.43. The summed E-state index contributed by atoms with van der Waals surface area (Å²) in [5, 5.41) is 7.44. The molecule has 11 nitrogen and oxygen atoms in total. The zero-order valence-corrected chi connectivity index (χ0v) is 29.1. The maximum absolute atomic E-state index is 15.6. The standard InChI is InChI=1S/C38H39F2N7O4/c1-22-17-45(28-20-51-21-28)8-9-46(22)26-6-7-34(41-16-26)43-33-11-24(18-44(5)36(33)49)29-13-27(14-31(39)30(29)19-48)47-37(50)35-23(15-42-47)10-25(12-32(35)40)38(2,3)4/h6-7,10-16,18-19,22,28H,8-9,17,20-21H2,1-5H3,(H,41,43). The second-order valence-corrected chi connectivity index (χ2v) is 14.4. The molecule has 0 radical (unpaired) electrons. The Morgan fingerprint density at radius 1 is 0.961 bits per heavy atom. The van der Waals surface area contributed by atoms with Crippen LogP contribution in [0, 0.1) is 11.6 Å². The van der Waals surface area contributed by atoms with E-state index in [1.54, 1.807) is 18.3 Å². The van der Waals surface area contributed by atoms with E-state index >= 15 is 8.78 Å². The minimum absolute atomic E-state index is 0.0176. The van der Waals surface area contributed by atoms with Gasteiger partial charge in [0.1, 0.15) is 23.1 Å². The molecular formula is C38H39F2N7O4. The lowest BCUT2D eigenvalue weighted by molar-refractivity contribution is -0.0691. The number of hydrogen-bond acceptors (Lipinski definition) is 9. The highest BCUT2D eigenvalue weighted by Gasteiger charge is 2.32. The summed E-state index contributed by atoms with van der Waals surface area (Å²) in [6.45, 7) is 12.3. The molecule has 5 aromatic rings. The molecule has 264 valence electrons. The van der Waals surface area contributed by atoms with Gasteiger partial charge >= 0.3 is 0 Å². The highest BCUT2D eigenvalue weighted by Crippen LogP contribution is 2.31. The number of carbonyl (C=O) groups excluding carboxylic acids is 1. The average Bonchev–Trinajstić information content (AvgIpc) is 3.05. The predicted octanol–water partition coefficient (Wildman–Crippen LogP) is 5.19. The number of pyridine rings is 2. The zero-order chi connectivity index (χ0) is 36.2. The van der Waals surface area contributed by atoms with E-state index in [2.05, 4.69) is 32.1 Å². The van der Waals surface area contributed by atoms with Gasteiger partial charge in [-0.25, -0.2) is 13.8 Å². The van der Waals surface area contributed by atoms with Crippen molar-refractivity contribution < 1.29 is 18.3 Å². The van der Waals surface area contributed by atoms with E-state index in [4.69, 9.17) is 4.74 Å². The van der Waals surface area contributed by atoms with E-state index in [0.717, 1.165) is 49.3 Å². The molecule has 1 atom stereocenters. The van der Waals surface area contributed by atoms with Crippen molar-refractivity contribution in [1.29, 1.82) is 0 Å². The van der Waals surface area contributed by atoms with Crippen LogP contribution < -0.4 is 21.3 Å². The first kappa shape index (κ1) is 34.2. The number of aryl methyl sites for hydroxylation is 1. The van der Waals surface area contributed by atoms with Crippen LogP contribution in [0.25, 0.3) is 27.6 Å². The summed E-state index contributed by atoms with van der Waals surface area (Å²) in [7, 11) is 1.54. The van der Waals surface area contributed by atoms with Crippen molar-refractivity contribution in [2.24, 2.45) is 7.05 Å². The number of anilines is 3. The fourth-order valence-electron chi connectivity index (χ4n) is 6.79. The Balaban J connectivity index is 1.20. The molecule has 2 fully saturated rings. The summed E-state index contributed by atoms with van der Waals surface area (Å²) in [6.07, 6.45) is 4.96. The molecule has 1 unspecified atom stereocenters. The lowest BCUT2D eigenvalue weighted by Crippen LogP contribution is -2.59. The predicted molar refractivity (Wildman–Crippen MR) is 193 cm³/mol. The smallest absolute Gasteiger partial charge is 0.282 e. The van der Waals surface area contributed by atoms with Crippen LogP contribution in [-0.2, 0) is 17.2 Å². The van der Waals surface area contributed by atoms with E-state index in [0.29, 0.717) is 34.7 Å². The van der Waals surface area contributed by atoms with Crippen molar-refractivity contribution in [3.63, 3.8) is 0 Å². The molecular weight excluding hydrogens is 656 g/mol. The first-order chi connectivity index (χ1) is 24.3. The fraction of sp³-hybridized carbons (Fsp3) is 0.342. The molecule has 7 rings (SSSR count). The molecule has 0 spiro atoms. The number of aromatic nitrogens is 4. The van der Waals surface area contributed by atoms with Gasteiger partial charge in [0, 0.05) is 55.9 Å². The molecule has 51 heavy (non-hydrogen) atoms. The lowest BCUT2D eigenvalue weighted by Gasteiger charge is -2.46. The van der Waals surface area contributed by atoms with E-state index in [1.807, 2.05) is 26.8 Å². The number of aldehydes is 1. The normalized spacial score (nSPS) is 17.1. The zero-order valence-electron chi connectivity index (χ0n) is 29.1. The van der Waals surface area contributed by atoms with Crippen LogP contribution in [0.2, 0.25) is 0 Å². The van der Waals surface area contributed by atoms with E-state index in [9.17, 15) is 14.4 Å². The lowest BCUT2D eigenvalue weighted by atomic mass is 9.86. The summed E-state index contributed by atoms with van der Waals surface area (Å²) < 4.78 is 38.5. The van der Waals surface area contributed by atoms with Gasteiger partial charge in [-0.1, -0.05) is 20.8 Å². The Hall–Kier alpha value is -5.27. The van der Waals surface area contributed by atoms with Crippen LogP contribution in [0.3, 0.4) is 0 Å². The molecule has 2 aliphatic rings. The average molecular weight is 696 g/mol. The maximum atomic E-state index is 15.6. The quantitative estimate of drug-likeness (QED) is 0.230. The topological polar surface area (TPSA) is 115 Å². The fourth-order valence-corrected chi connectivity index (χ4v) is 6.79. The maximum Gasteiger partial charge on any atom is 0.282 e. The number of nitrogens with one attached hydrogen (secondary N) is 1. The molecule has 0 saturated carbocycles. The molecule has 13 heteroatoms. The van der Waals surface area contributed by atoms with Gasteiger partial charge in [0.25, 0.3) is 11.1 Å². The van der Waals surface area contributed by atoms with Gasteiger partial charge in [0.2, 0.25) is 0 Å². The molecule has 1 N–H and O–H groups in total. The second-order valence-electron chi connectivity index (χ2n) is 14.4. The van der Waals surface area contributed by atoms with Gasteiger partial charge < -0.3 is 19.5 Å². The molecule has 0 amide bonds. The summed E-state index contributed by atoms with van der Waals surface area (Å²) in [5.41, 5.74) is 0.412. The third-order valence-electron chi connectivity index (χ3n) is 9.81. The van der Waals surface area contributed by atoms with Crippen LogP contribution in [0.5, 0.6) is 0 Å². The molecule has 0 aliphatic carbocycles. The number of ether oxygens (including phenoxy) is 1. The van der Waals surface area contributed by atoms with Crippen LogP contribution >= 0.6 is 0 Å². The number of piperazine rings is 1. The van der Waals surface area contributed by atoms with E-state index in [-0.39, 0.29) is 44.9 Å². The van der Waals surface area contributed by atoms with Crippen LogP contribution in [0.4, 0.5) is 26.0 Å². The number of benzene rings is 2. The highest BCUT2D eigenvalue weighted by atomic mass is 19.1. The number of fused-ring (bicyclic) bond motifs is 1. The second kappa shape index (κ2) is 13.1. The van der Waals surface area contributed by atoms with Crippen LogP contribution in [0.1, 0.15) is 43.6 Å². The summed E-state index contributed by atoms with van der Waals surface area (Å²) in [4.78, 5) is 48.3. The Kier molecular flexibility index (Phi) is 8.80. The molecule has 2 saturated heterocycles. The number of hydrogen-bond donors (Lipinski definition) is 1. The number of rotatable bonds is 7. The highest BCUT2D eigenvalue weighted by molar-refractivity contribution is 5.90. The van der Waals surface area contributed by atoms with Crippen molar-refractivity contribution in [2.75, 3.05) is 43.1 Å². The number of nitrogens with zero attached hydrogens (tertiary/aromatic N) is 6. The first-order valence-corrected chi connectivity index (χ1v) is 16.9. The van der Waals surface area contributed by atoms with Crippen LogP contribution in [-0.4, -0.2) is 75.4 Å². The number of halogens is 2. The minimum atomic E-state index is -0.911. The van der Waals surface area contributed by atoms with Crippen LogP contribution in [0.15, 0.2) is 70.6 Å². The molecule has 3 aromatic heterocycles. The Bertz CT molecular complexity index is 2280. The van der Waals surface area contributed by atoms with Crippen molar-refractivity contribution >= 4 is 34.3 Å². The van der Waals surface area contributed by atoms with Gasteiger partial charge in [0.15, 0.2) is 6.29 Å². The largest absolute Gasteiger partial charge is 0.378 e. The van der Waals surface area contributed by atoms with Crippen molar-refractivity contribution in [1.82, 2.24) is 24.2 Å². The van der Waals surface area contributed by atoms with Gasteiger partial charge in [-0.15, -0.1) is 0 Å². The van der Waals surface area contributed by atoms with E-state index in [1.165, 1.54) is 42.2 Å². The SMILES string of the molecule is CC1CN(C2COC2)CCN1c1ccc(Nc2cc(-c3cc(-n4ncc5cc(C(C)(C)C)cc(F)c5c4=O)cc(F)c3C=O)cn(C)c2=O)nc1. The van der Waals surface area contributed by atoms with Gasteiger partial charge in [-0.3, -0.25) is 19.3 Å². The Labute approximate surface area is 293 Å². The molecule has 2 aliphatic heterocycles. The first-order valence-electron chi connectivity index (χ1n) is 16.9. The molecule has 5 heterocycles. The van der Waals surface area contributed by atoms with Crippen molar-refractivity contribution in [2.45, 2.75) is 45.2 Å². The van der Waals surface area contributed by atoms with Crippen molar-refractivity contribution in [3.05, 3.63) is 105 Å². The monoisotopic (exact) mass is 695 g/mol. The van der Waals surface area contributed by atoms with Gasteiger partial charge in [-0.05, 0) is 59.9 Å². The summed E-state index contributed by atoms with van der Waals surface area (Å²) in [6, 6.07) is 11.5.